The van der Waals surface area contributed by atoms with Crippen LogP contribution in [-0.2, 0) is 0 Å². The fraction of sp³-hybridized carbons (Fsp3) is 0.654. The maximum absolute atomic E-state index is 13.2. The molecule has 162 valence electrons. The fourth-order valence-electron chi connectivity index (χ4n) is 7.73. The molecule has 4 bridgehead atoms. The van der Waals surface area contributed by atoms with E-state index in [9.17, 15) is 10.1 Å². The number of piperidine rings is 2. The molecule has 2 saturated carbocycles. The number of hydrogen-bond acceptors (Lipinski definition) is 4. The third kappa shape index (κ3) is 3.31. The highest BCUT2D eigenvalue weighted by Gasteiger charge is 2.45. The van der Waals surface area contributed by atoms with Crippen LogP contribution in [0.3, 0.4) is 0 Å². The van der Waals surface area contributed by atoms with Crippen LogP contribution in [0.2, 0.25) is 0 Å². The first-order valence-electron chi connectivity index (χ1n) is 12.4. The molecule has 1 aromatic carbocycles. The van der Waals surface area contributed by atoms with Gasteiger partial charge in [-0.3, -0.25) is 9.69 Å². The molecule has 2 saturated heterocycles. The summed E-state index contributed by atoms with van der Waals surface area (Å²) >= 11 is 0. The van der Waals surface area contributed by atoms with Gasteiger partial charge in [-0.05, 0) is 68.9 Å². The Kier molecular flexibility index (Phi) is 4.87. The SMILES string of the molecule is N#Cc1nc2ccccc2n(C2C[C@H]3CCC[C@@H](C2)N3C2CC3CCCC(C3)C2)c1=O. The molecule has 6 rings (SSSR count). The molecule has 4 aliphatic rings. The Balaban J connectivity index is 1.34. The third-order valence-corrected chi connectivity index (χ3v) is 8.80. The van der Waals surface area contributed by atoms with Gasteiger partial charge in [0.2, 0.25) is 5.69 Å². The third-order valence-electron chi connectivity index (χ3n) is 8.80. The molecule has 4 fully saturated rings. The Morgan fingerprint density at radius 2 is 1.52 bits per heavy atom. The molecule has 2 aliphatic heterocycles. The van der Waals surface area contributed by atoms with Crippen LogP contribution in [0.4, 0.5) is 0 Å². The molecule has 0 spiro atoms. The average Bonchev–Trinajstić information content (AvgIpc) is 2.77. The maximum Gasteiger partial charge on any atom is 0.288 e. The van der Waals surface area contributed by atoms with Gasteiger partial charge in [-0.15, -0.1) is 0 Å². The van der Waals surface area contributed by atoms with E-state index < -0.39 is 0 Å². The number of fused-ring (bicyclic) bond motifs is 5. The smallest absolute Gasteiger partial charge is 0.288 e. The van der Waals surface area contributed by atoms with Crippen molar-refractivity contribution in [2.45, 2.75) is 94.8 Å². The van der Waals surface area contributed by atoms with E-state index in [2.05, 4.69) is 9.88 Å². The Bertz CT molecular complexity index is 1060. The second kappa shape index (κ2) is 7.74. The van der Waals surface area contributed by atoms with Crippen LogP contribution in [0.5, 0.6) is 0 Å². The van der Waals surface area contributed by atoms with Gasteiger partial charge in [-0.1, -0.05) is 37.8 Å². The zero-order valence-electron chi connectivity index (χ0n) is 18.2. The van der Waals surface area contributed by atoms with Crippen molar-refractivity contribution < 1.29 is 0 Å². The first-order chi connectivity index (χ1) is 15.2. The van der Waals surface area contributed by atoms with E-state index in [1.165, 1.54) is 57.8 Å². The van der Waals surface area contributed by atoms with E-state index >= 15 is 0 Å². The Hall–Kier alpha value is -2.19. The van der Waals surface area contributed by atoms with E-state index in [0.717, 1.165) is 41.8 Å². The molecule has 3 unspecified atom stereocenters. The summed E-state index contributed by atoms with van der Waals surface area (Å²) in [5.41, 5.74) is 1.47. The quantitative estimate of drug-likeness (QED) is 0.706. The van der Waals surface area contributed by atoms with Crippen molar-refractivity contribution in [3.8, 4) is 6.07 Å². The van der Waals surface area contributed by atoms with Crippen molar-refractivity contribution in [2.24, 2.45) is 11.8 Å². The molecule has 31 heavy (non-hydrogen) atoms. The minimum Gasteiger partial charge on any atom is -0.301 e. The van der Waals surface area contributed by atoms with Crippen LogP contribution in [0.25, 0.3) is 11.0 Å². The van der Waals surface area contributed by atoms with Gasteiger partial charge < -0.3 is 4.57 Å². The number of para-hydroxylation sites is 2. The summed E-state index contributed by atoms with van der Waals surface area (Å²) in [6.07, 6.45) is 14.4. The lowest BCUT2D eigenvalue weighted by Gasteiger charge is -2.55. The molecule has 0 N–H and O–H groups in total. The summed E-state index contributed by atoms with van der Waals surface area (Å²) in [5, 5.41) is 9.52. The molecule has 2 aromatic rings. The zero-order valence-corrected chi connectivity index (χ0v) is 18.2. The molecule has 5 heteroatoms. The first kappa shape index (κ1) is 19.5. The predicted octanol–water partition coefficient (Wildman–Crippen LogP) is 4.79. The highest BCUT2D eigenvalue weighted by atomic mass is 16.1. The van der Waals surface area contributed by atoms with Crippen molar-refractivity contribution in [1.29, 1.82) is 5.26 Å². The summed E-state index contributed by atoms with van der Waals surface area (Å²) in [4.78, 5) is 20.5. The standard InChI is InChI=1S/C26H32N4O/c27-16-24-26(31)30(25-10-2-1-9-23(25)28-24)22-14-19-7-4-8-20(15-22)29(19)21-12-17-5-3-6-18(11-17)13-21/h1-2,9-10,17-22H,3-8,11-15H2/t17?,18?,19-,20+,21?,22?. The lowest BCUT2D eigenvalue weighted by molar-refractivity contribution is -0.0485. The maximum atomic E-state index is 13.2. The lowest BCUT2D eigenvalue weighted by Crippen LogP contribution is -2.58. The lowest BCUT2D eigenvalue weighted by atomic mass is 9.68. The molecular formula is C26H32N4O. The van der Waals surface area contributed by atoms with E-state index in [4.69, 9.17) is 0 Å². The van der Waals surface area contributed by atoms with Gasteiger partial charge in [0.25, 0.3) is 5.56 Å². The molecule has 3 heterocycles. The number of aromatic nitrogens is 2. The molecular weight excluding hydrogens is 384 g/mol. The Morgan fingerprint density at radius 1 is 0.839 bits per heavy atom. The van der Waals surface area contributed by atoms with Crippen LogP contribution in [0, 0.1) is 23.2 Å². The topological polar surface area (TPSA) is 61.9 Å². The minimum absolute atomic E-state index is 0.0337. The molecule has 2 aliphatic carbocycles. The van der Waals surface area contributed by atoms with Crippen LogP contribution in [0.15, 0.2) is 29.1 Å². The fourth-order valence-corrected chi connectivity index (χ4v) is 7.73. The summed E-state index contributed by atoms with van der Waals surface area (Å²) < 4.78 is 1.93. The van der Waals surface area contributed by atoms with E-state index in [-0.39, 0.29) is 17.3 Å². The second-order valence-electron chi connectivity index (χ2n) is 10.6. The van der Waals surface area contributed by atoms with Crippen molar-refractivity contribution in [1.82, 2.24) is 14.5 Å². The van der Waals surface area contributed by atoms with Crippen molar-refractivity contribution in [2.75, 3.05) is 0 Å². The monoisotopic (exact) mass is 416 g/mol. The average molecular weight is 417 g/mol. The number of hydrogen-bond donors (Lipinski definition) is 0. The number of nitriles is 1. The molecule has 0 amide bonds. The highest BCUT2D eigenvalue weighted by molar-refractivity contribution is 5.75. The predicted molar refractivity (Wildman–Crippen MR) is 121 cm³/mol. The van der Waals surface area contributed by atoms with Crippen LogP contribution in [-0.4, -0.2) is 32.6 Å². The van der Waals surface area contributed by atoms with Gasteiger partial charge in [0.05, 0.1) is 11.0 Å². The van der Waals surface area contributed by atoms with Crippen LogP contribution >= 0.6 is 0 Å². The number of rotatable bonds is 2. The van der Waals surface area contributed by atoms with Gasteiger partial charge in [0.1, 0.15) is 6.07 Å². The number of nitrogens with zero attached hydrogens (tertiary/aromatic N) is 4. The highest BCUT2D eigenvalue weighted by Crippen LogP contribution is 2.47. The van der Waals surface area contributed by atoms with Crippen molar-refractivity contribution in [3.05, 3.63) is 40.3 Å². The largest absolute Gasteiger partial charge is 0.301 e. The first-order valence-corrected chi connectivity index (χ1v) is 12.4. The van der Waals surface area contributed by atoms with Gasteiger partial charge in [0.15, 0.2) is 0 Å². The molecule has 5 nitrogen and oxygen atoms in total. The van der Waals surface area contributed by atoms with Crippen LogP contribution in [0.1, 0.15) is 82.4 Å². The van der Waals surface area contributed by atoms with Gasteiger partial charge in [-0.25, -0.2) is 4.98 Å². The molecule has 0 radical (unpaired) electrons. The summed E-state index contributed by atoms with van der Waals surface area (Å²) in [6, 6.07) is 11.9. The Morgan fingerprint density at radius 3 is 2.23 bits per heavy atom. The molecule has 5 atom stereocenters. The Labute approximate surface area is 184 Å². The van der Waals surface area contributed by atoms with E-state index in [0.29, 0.717) is 12.1 Å². The van der Waals surface area contributed by atoms with E-state index in [1.807, 2.05) is 34.9 Å². The summed E-state index contributed by atoms with van der Waals surface area (Å²) in [6.45, 7) is 0. The normalized spacial score (nSPS) is 35.6. The second-order valence-corrected chi connectivity index (χ2v) is 10.6. The van der Waals surface area contributed by atoms with Gasteiger partial charge >= 0.3 is 0 Å². The summed E-state index contributed by atoms with van der Waals surface area (Å²) in [5.74, 6) is 1.89. The summed E-state index contributed by atoms with van der Waals surface area (Å²) in [7, 11) is 0. The van der Waals surface area contributed by atoms with Crippen molar-refractivity contribution >= 4 is 11.0 Å². The van der Waals surface area contributed by atoms with Crippen molar-refractivity contribution in [3.63, 3.8) is 0 Å². The zero-order chi connectivity index (χ0) is 20.9. The van der Waals surface area contributed by atoms with E-state index in [1.54, 1.807) is 0 Å². The molecule has 1 aromatic heterocycles. The van der Waals surface area contributed by atoms with Gasteiger partial charge in [-0.2, -0.15) is 5.26 Å². The minimum atomic E-state index is -0.204. The van der Waals surface area contributed by atoms with Crippen LogP contribution < -0.4 is 5.56 Å². The number of benzene rings is 1. The van der Waals surface area contributed by atoms with Gasteiger partial charge in [0, 0.05) is 24.2 Å².